The molecule has 3 aromatic rings. The highest BCUT2D eigenvalue weighted by Gasteiger charge is 2.07. The van der Waals surface area contributed by atoms with Crippen molar-refractivity contribution in [2.24, 2.45) is 5.10 Å². The molecule has 0 saturated heterocycles. The van der Waals surface area contributed by atoms with Crippen LogP contribution in [0.2, 0.25) is 0 Å². The lowest BCUT2D eigenvalue weighted by atomic mass is 10.1. The number of hydrogen-bond acceptors (Lipinski definition) is 5. The molecule has 1 heterocycles. The third-order valence-electron chi connectivity index (χ3n) is 4.02. The van der Waals surface area contributed by atoms with Crippen LogP contribution in [-0.2, 0) is 13.0 Å². The number of aromatic amines is 1. The number of ether oxygens (including phenoxy) is 2. The van der Waals surface area contributed by atoms with Gasteiger partial charge in [-0.15, -0.1) is 0 Å². The van der Waals surface area contributed by atoms with Gasteiger partial charge in [0.15, 0.2) is 17.3 Å². The molecule has 27 heavy (non-hydrogen) atoms. The van der Waals surface area contributed by atoms with Crippen molar-refractivity contribution in [1.82, 2.24) is 14.9 Å². The van der Waals surface area contributed by atoms with E-state index in [1.54, 1.807) is 18.0 Å². The molecule has 0 aliphatic carbocycles. The number of H-pyrrole nitrogens is 1. The molecule has 140 valence electrons. The highest BCUT2D eigenvalue weighted by atomic mass is 32.1. The topological polar surface area (TPSA) is 64.4 Å². The smallest absolute Gasteiger partial charge is 0.216 e. The summed E-state index contributed by atoms with van der Waals surface area (Å²) in [5.74, 6) is 2.12. The molecule has 0 atom stereocenters. The average molecular weight is 382 g/mol. The van der Waals surface area contributed by atoms with Crippen molar-refractivity contribution in [2.75, 3.05) is 7.11 Å². The number of benzene rings is 2. The highest BCUT2D eigenvalue weighted by Crippen LogP contribution is 2.28. The molecule has 0 fully saturated rings. The predicted molar refractivity (Wildman–Crippen MR) is 108 cm³/mol. The second-order valence-electron chi connectivity index (χ2n) is 6.04. The summed E-state index contributed by atoms with van der Waals surface area (Å²) >= 11 is 5.20. The molecule has 1 N–H and O–H groups in total. The molecular formula is C20H22N4O2S. The van der Waals surface area contributed by atoms with Crippen molar-refractivity contribution in [1.29, 1.82) is 0 Å². The molecule has 0 saturated carbocycles. The summed E-state index contributed by atoms with van der Waals surface area (Å²) in [4.78, 5) is 0. The lowest BCUT2D eigenvalue weighted by Crippen LogP contribution is -2.00. The monoisotopic (exact) mass is 382 g/mol. The lowest BCUT2D eigenvalue weighted by molar-refractivity contribution is 0.284. The van der Waals surface area contributed by atoms with Gasteiger partial charge in [-0.2, -0.15) is 14.9 Å². The third-order valence-corrected chi connectivity index (χ3v) is 4.28. The Morgan fingerprint density at radius 1 is 1.22 bits per heavy atom. The van der Waals surface area contributed by atoms with E-state index in [0.29, 0.717) is 22.9 Å². The van der Waals surface area contributed by atoms with Crippen molar-refractivity contribution >= 4 is 18.4 Å². The van der Waals surface area contributed by atoms with Gasteiger partial charge >= 0.3 is 0 Å². The molecule has 6 nitrogen and oxygen atoms in total. The van der Waals surface area contributed by atoms with Crippen LogP contribution in [0, 0.1) is 11.7 Å². The van der Waals surface area contributed by atoms with E-state index >= 15 is 0 Å². The number of methoxy groups -OCH3 is 1. The molecule has 2 aromatic carbocycles. The van der Waals surface area contributed by atoms with Gasteiger partial charge in [0, 0.05) is 6.42 Å². The fourth-order valence-corrected chi connectivity index (χ4v) is 2.84. The zero-order valence-electron chi connectivity index (χ0n) is 15.6. The molecule has 1 aromatic heterocycles. The minimum absolute atomic E-state index is 0.466. The fraction of sp³-hybridized carbons (Fsp3) is 0.250. The number of aromatic nitrogens is 3. The van der Waals surface area contributed by atoms with Crippen molar-refractivity contribution in [3.8, 4) is 11.5 Å². The molecule has 0 unspecified atom stereocenters. The van der Waals surface area contributed by atoms with Gasteiger partial charge in [0.1, 0.15) is 6.61 Å². The SMILES string of the molecule is CCc1n[nH]c(=S)n1/N=C\c1ccc(OCc2cccc(C)c2)c(OC)c1. The lowest BCUT2D eigenvalue weighted by Gasteiger charge is -2.11. The van der Waals surface area contributed by atoms with Gasteiger partial charge in [-0.25, -0.2) is 0 Å². The summed E-state index contributed by atoms with van der Waals surface area (Å²) in [6.07, 6.45) is 2.46. The van der Waals surface area contributed by atoms with Crippen molar-refractivity contribution in [3.05, 3.63) is 69.8 Å². The fourth-order valence-electron chi connectivity index (χ4n) is 2.64. The van der Waals surface area contributed by atoms with E-state index in [-0.39, 0.29) is 0 Å². The second-order valence-corrected chi connectivity index (χ2v) is 6.43. The Kier molecular flexibility index (Phi) is 6.03. The number of hydrogen-bond donors (Lipinski definition) is 1. The number of nitrogens with zero attached hydrogens (tertiary/aromatic N) is 3. The normalized spacial score (nSPS) is 11.1. The summed E-state index contributed by atoms with van der Waals surface area (Å²) in [5.41, 5.74) is 3.20. The van der Waals surface area contributed by atoms with Crippen LogP contribution in [0.15, 0.2) is 47.6 Å². The zero-order chi connectivity index (χ0) is 19.2. The molecule has 0 bridgehead atoms. The molecule has 0 aliphatic heterocycles. The number of aryl methyl sites for hydroxylation is 2. The van der Waals surface area contributed by atoms with Crippen LogP contribution >= 0.6 is 12.2 Å². The van der Waals surface area contributed by atoms with Crippen LogP contribution in [0.5, 0.6) is 11.5 Å². The van der Waals surface area contributed by atoms with E-state index in [2.05, 4.69) is 34.4 Å². The van der Waals surface area contributed by atoms with Gasteiger partial charge in [0.05, 0.1) is 13.3 Å². The maximum Gasteiger partial charge on any atom is 0.216 e. The summed E-state index contributed by atoms with van der Waals surface area (Å²) in [7, 11) is 1.62. The molecule has 0 aliphatic rings. The first-order valence-electron chi connectivity index (χ1n) is 8.67. The van der Waals surface area contributed by atoms with Crippen molar-refractivity contribution in [2.45, 2.75) is 26.9 Å². The van der Waals surface area contributed by atoms with Crippen LogP contribution in [0.4, 0.5) is 0 Å². The van der Waals surface area contributed by atoms with Gasteiger partial charge in [-0.1, -0.05) is 36.8 Å². The van der Waals surface area contributed by atoms with E-state index in [1.165, 1.54) is 5.56 Å². The van der Waals surface area contributed by atoms with Crippen LogP contribution < -0.4 is 9.47 Å². The number of nitrogens with one attached hydrogen (secondary N) is 1. The summed E-state index contributed by atoms with van der Waals surface area (Å²) in [6.45, 7) is 4.55. The van der Waals surface area contributed by atoms with Crippen LogP contribution in [0.25, 0.3) is 0 Å². The first-order chi connectivity index (χ1) is 13.1. The maximum absolute atomic E-state index is 5.92. The van der Waals surface area contributed by atoms with Gasteiger partial charge in [-0.3, -0.25) is 5.10 Å². The van der Waals surface area contributed by atoms with Crippen LogP contribution in [0.3, 0.4) is 0 Å². The van der Waals surface area contributed by atoms with Gasteiger partial charge in [0.2, 0.25) is 4.77 Å². The van der Waals surface area contributed by atoms with Crippen LogP contribution in [0.1, 0.15) is 29.4 Å². The van der Waals surface area contributed by atoms with Crippen molar-refractivity contribution in [3.63, 3.8) is 0 Å². The zero-order valence-corrected chi connectivity index (χ0v) is 16.4. The molecule has 0 amide bonds. The molecule has 7 heteroatoms. The van der Waals surface area contributed by atoms with Gasteiger partial charge in [0.25, 0.3) is 0 Å². The first-order valence-corrected chi connectivity index (χ1v) is 9.08. The molecular weight excluding hydrogens is 360 g/mol. The van der Waals surface area contributed by atoms with E-state index in [1.807, 2.05) is 37.3 Å². The molecule has 0 spiro atoms. The first kappa shape index (κ1) is 18.8. The average Bonchev–Trinajstić information content (AvgIpc) is 3.04. The third kappa shape index (κ3) is 4.62. The Morgan fingerprint density at radius 3 is 2.81 bits per heavy atom. The summed E-state index contributed by atoms with van der Waals surface area (Å²) < 4.78 is 13.5. The minimum atomic E-state index is 0.466. The Bertz CT molecular complexity index is 1010. The Labute approximate surface area is 163 Å². The molecule has 0 radical (unpaired) electrons. The van der Waals surface area contributed by atoms with Gasteiger partial charge < -0.3 is 9.47 Å². The van der Waals surface area contributed by atoms with Crippen molar-refractivity contribution < 1.29 is 9.47 Å². The summed E-state index contributed by atoms with van der Waals surface area (Å²) in [5, 5.41) is 11.3. The predicted octanol–water partition coefficient (Wildman–Crippen LogP) is 4.28. The molecule has 3 rings (SSSR count). The standard InChI is InChI=1S/C20H22N4O2S/c1-4-19-22-23-20(27)24(19)21-12-15-8-9-17(18(11-15)25-3)26-13-16-7-5-6-14(2)10-16/h5-12H,4,13H2,1-3H3,(H,23,27)/b21-12-. The van der Waals surface area contributed by atoms with E-state index in [9.17, 15) is 0 Å². The second kappa shape index (κ2) is 8.64. The minimum Gasteiger partial charge on any atom is -0.493 e. The largest absolute Gasteiger partial charge is 0.493 e. The summed E-state index contributed by atoms with van der Waals surface area (Å²) in [6, 6.07) is 13.9. The maximum atomic E-state index is 5.92. The van der Waals surface area contributed by atoms with E-state index in [0.717, 1.165) is 23.4 Å². The van der Waals surface area contributed by atoms with E-state index in [4.69, 9.17) is 21.7 Å². The number of rotatable bonds is 7. The Balaban J connectivity index is 1.76. The van der Waals surface area contributed by atoms with E-state index < -0.39 is 0 Å². The highest BCUT2D eigenvalue weighted by molar-refractivity contribution is 7.71. The quantitative estimate of drug-likeness (QED) is 0.489. The van der Waals surface area contributed by atoms with Crippen LogP contribution in [-0.4, -0.2) is 28.2 Å². The Morgan fingerprint density at radius 2 is 2.07 bits per heavy atom. The van der Waals surface area contributed by atoms with Gasteiger partial charge in [-0.05, 0) is 48.5 Å². The Hall–Kier alpha value is -2.93.